The summed E-state index contributed by atoms with van der Waals surface area (Å²) in [6.45, 7) is 40.9. The van der Waals surface area contributed by atoms with Gasteiger partial charge in [-0.1, -0.05) is 343 Å². The molecule has 0 radical (unpaired) electrons. The average molecular weight is 1750 g/mol. The maximum atomic E-state index is 6.00. The molecule has 3 aromatic heterocycles. The number of hydrogen-bond acceptors (Lipinski definition) is 9. The maximum absolute atomic E-state index is 6.00. The third kappa shape index (κ3) is 15.2. The van der Waals surface area contributed by atoms with Gasteiger partial charge >= 0.3 is 0 Å². The Morgan fingerprint density at radius 3 is 0.437 bits per heavy atom. The Morgan fingerprint density at radius 1 is 0.133 bits per heavy atom. The molecule has 0 aliphatic heterocycles. The number of nitrogens with zero attached hydrogens (tertiary/aromatic N) is 9. The molecule has 9 heteroatoms. The molecule has 0 aliphatic carbocycles. The molecular weight excluding hydrogens is 1640 g/mol. The van der Waals surface area contributed by atoms with Crippen LogP contribution in [0.25, 0.3) is 164 Å². The van der Waals surface area contributed by atoms with Crippen LogP contribution in [-0.4, -0.2) is 29.9 Å². The molecule has 22 rings (SSSR count). The summed E-state index contributed by atoms with van der Waals surface area (Å²) in [5.74, 6) is 0. The smallest absolute Gasteiger partial charge is 0.120 e. The van der Waals surface area contributed by atoms with E-state index in [0.29, 0.717) is 33.1 Å². The SMILES string of the molecule is CC(C)(C)c1ccc(N(c2ccc(-c3ccc4c(c3)c3ccccc3c3nc5c6nc7c8ccc(-c9ccc(N(c%10ccc(C(C)(C)C)cc%10)c%10ccc(C(C)(C)C)cc%10)cc9)cc8c8ccccc8c7nc6c6nc7c8ccc(-c9ccc(N(c%10ccc(C(C)(C)C)cc%10)c%10ccc(C(C)(C)C)cc%10)cc9)cc8c8ccccc8c7nc6c5nc43)cc2)c2ccc(C(C)(C)C)cc2)cc1. The van der Waals surface area contributed by atoms with Crippen LogP contribution in [0.3, 0.4) is 0 Å². The lowest BCUT2D eigenvalue weighted by Gasteiger charge is -2.28. The molecule has 0 saturated heterocycles. The molecule has 19 aromatic carbocycles. The van der Waals surface area contributed by atoms with Crippen LogP contribution in [-0.2, 0) is 32.5 Å². The molecule has 0 bridgehead atoms. The summed E-state index contributed by atoms with van der Waals surface area (Å²) < 4.78 is 0. The van der Waals surface area contributed by atoms with Crippen LogP contribution in [0.5, 0.6) is 0 Å². The van der Waals surface area contributed by atoms with Crippen LogP contribution < -0.4 is 14.7 Å². The lowest BCUT2D eigenvalue weighted by Crippen LogP contribution is -2.14. The molecule has 660 valence electrons. The highest BCUT2D eigenvalue weighted by Gasteiger charge is 2.29. The molecule has 9 nitrogen and oxygen atoms in total. The fourth-order valence-corrected chi connectivity index (χ4v) is 20.1. The van der Waals surface area contributed by atoms with Crippen LogP contribution in [0.4, 0.5) is 51.2 Å². The fraction of sp³-hybridized carbons (Fsp3) is 0.190. The third-order valence-electron chi connectivity index (χ3n) is 27.9. The number of fused-ring (bicyclic) bond motifs is 24. The topological polar surface area (TPSA) is 87.1 Å². The van der Waals surface area contributed by atoms with Gasteiger partial charge in [-0.05, 0) is 259 Å². The number of aromatic nitrogens is 6. The molecule has 0 aliphatic rings. The second kappa shape index (κ2) is 31.8. The molecule has 0 atom stereocenters. The number of rotatable bonds is 12. The Hall–Kier alpha value is -15.1. The van der Waals surface area contributed by atoms with Crippen molar-refractivity contribution >= 4 is 182 Å². The van der Waals surface area contributed by atoms with E-state index in [4.69, 9.17) is 29.9 Å². The molecule has 3 heterocycles. The Balaban J connectivity index is 0.721. The summed E-state index contributed by atoms with van der Waals surface area (Å²) in [6.07, 6.45) is 0. The monoisotopic (exact) mass is 1750 g/mol. The Morgan fingerprint density at radius 2 is 0.274 bits per heavy atom. The predicted octanol–water partition coefficient (Wildman–Crippen LogP) is 35.1. The quantitative estimate of drug-likeness (QED) is 0.0877. The molecule has 0 amide bonds. The van der Waals surface area contributed by atoms with Crippen LogP contribution in [0.1, 0.15) is 158 Å². The average Bonchev–Trinajstić information content (AvgIpc) is 0.693. The van der Waals surface area contributed by atoms with Crippen molar-refractivity contribution in [1.82, 2.24) is 29.9 Å². The Bertz CT molecular complexity index is 7500. The van der Waals surface area contributed by atoms with Crippen LogP contribution in [0.15, 0.2) is 346 Å². The summed E-state index contributed by atoms with van der Waals surface area (Å²) >= 11 is 0. The largest absolute Gasteiger partial charge is 0.311 e. The first kappa shape index (κ1) is 85.4. The van der Waals surface area contributed by atoms with E-state index >= 15 is 0 Å². The molecule has 0 N–H and O–H groups in total. The first-order valence-corrected chi connectivity index (χ1v) is 47.5. The highest BCUT2D eigenvalue weighted by Crippen LogP contribution is 2.49. The molecule has 0 fully saturated rings. The number of hydrogen-bond donors (Lipinski definition) is 0. The maximum Gasteiger partial charge on any atom is 0.120 e. The van der Waals surface area contributed by atoms with Gasteiger partial charge in [-0.2, -0.15) is 0 Å². The lowest BCUT2D eigenvalue weighted by molar-refractivity contribution is 0.590. The van der Waals surface area contributed by atoms with Crippen molar-refractivity contribution in [2.45, 2.75) is 157 Å². The first-order valence-electron chi connectivity index (χ1n) is 47.5. The van der Waals surface area contributed by atoms with Gasteiger partial charge in [-0.25, -0.2) is 29.9 Å². The van der Waals surface area contributed by atoms with Crippen molar-refractivity contribution in [2.75, 3.05) is 14.7 Å². The molecule has 0 unspecified atom stereocenters. The fourth-order valence-electron chi connectivity index (χ4n) is 20.1. The first-order chi connectivity index (χ1) is 64.7. The zero-order valence-electron chi connectivity index (χ0n) is 80.4. The number of anilines is 9. The summed E-state index contributed by atoms with van der Waals surface area (Å²) in [4.78, 5) is 43.0. The van der Waals surface area contributed by atoms with Crippen molar-refractivity contribution < 1.29 is 0 Å². The summed E-state index contributed by atoms with van der Waals surface area (Å²) in [6, 6.07) is 128. The predicted molar refractivity (Wildman–Crippen MR) is 576 cm³/mol. The van der Waals surface area contributed by atoms with Gasteiger partial charge < -0.3 is 14.7 Å². The van der Waals surface area contributed by atoms with Gasteiger partial charge in [0.05, 0.1) is 33.1 Å². The highest BCUT2D eigenvalue weighted by molar-refractivity contribution is 6.32. The molecule has 0 saturated carbocycles. The standard InChI is InChI=1S/C126H111N9/c1-121(2,3)82-40-58-91(59-41-82)133(92-60-42-83(43-61-92)122(4,5)6)88-52-31-76(32-53-88)79-37-70-103-106(73-79)97-25-19-22-28-100(97)109-112(103)130-118-115(127-109)119-117(129-111-102-30-24-21-27-99(102)108-75-81(39-72-105(108)114(111)131-119)78-35-56-90(57-36-78)135(95-66-48-86(49-67-95)125(13,14)15)96-68-50-87(51-69-96)126(16,17)18)120-116(118)128-110-101-29-23-20-26-98(101)107-74-80(38-71-104(107)113(110)132-120)77-33-54-89(55-34-77)134(93-62-44-84(45-63-93)123(7,8)9)94-64-46-85(47-65-94)124(10,11)12/h19-75H,1-18H3. The van der Waals surface area contributed by atoms with E-state index in [9.17, 15) is 0 Å². The van der Waals surface area contributed by atoms with E-state index in [0.717, 1.165) is 182 Å². The van der Waals surface area contributed by atoms with Gasteiger partial charge in [-0.3, -0.25) is 0 Å². The molecular formula is C126H111N9. The van der Waals surface area contributed by atoms with Gasteiger partial charge in [0.25, 0.3) is 0 Å². The van der Waals surface area contributed by atoms with Crippen molar-refractivity contribution in [3.8, 4) is 33.4 Å². The highest BCUT2D eigenvalue weighted by atomic mass is 15.2. The lowest BCUT2D eigenvalue weighted by atomic mass is 9.86. The van der Waals surface area contributed by atoms with E-state index < -0.39 is 0 Å². The van der Waals surface area contributed by atoms with E-state index in [1.54, 1.807) is 0 Å². The molecule has 22 aromatic rings. The molecule has 135 heavy (non-hydrogen) atoms. The normalized spacial score (nSPS) is 12.7. The van der Waals surface area contributed by atoms with Crippen molar-refractivity contribution in [2.24, 2.45) is 0 Å². The second-order valence-electron chi connectivity index (χ2n) is 43.2. The van der Waals surface area contributed by atoms with Gasteiger partial charge in [0.2, 0.25) is 0 Å². The molecule has 0 spiro atoms. The minimum Gasteiger partial charge on any atom is -0.311 e. The van der Waals surface area contributed by atoms with Gasteiger partial charge in [-0.15, -0.1) is 0 Å². The zero-order valence-corrected chi connectivity index (χ0v) is 80.4. The van der Waals surface area contributed by atoms with E-state index in [2.05, 4.69) is 485 Å². The summed E-state index contributed by atoms with van der Waals surface area (Å²) in [5.41, 5.74) is 32.4. The van der Waals surface area contributed by atoms with Crippen molar-refractivity contribution in [3.63, 3.8) is 0 Å². The number of benzene rings is 19. The zero-order chi connectivity index (χ0) is 93.3. The van der Waals surface area contributed by atoms with Gasteiger partial charge in [0.1, 0.15) is 33.1 Å². The van der Waals surface area contributed by atoms with Crippen LogP contribution in [0.2, 0.25) is 0 Å². The Labute approximate surface area is 790 Å². The van der Waals surface area contributed by atoms with E-state index in [-0.39, 0.29) is 32.5 Å². The van der Waals surface area contributed by atoms with Crippen molar-refractivity contribution in [3.05, 3.63) is 379 Å². The van der Waals surface area contributed by atoms with Gasteiger partial charge in [0.15, 0.2) is 0 Å². The van der Waals surface area contributed by atoms with Crippen LogP contribution in [0, 0.1) is 0 Å². The van der Waals surface area contributed by atoms with Gasteiger partial charge in [0, 0.05) is 83.5 Å². The summed E-state index contributed by atoms with van der Waals surface area (Å²) in [7, 11) is 0. The minimum atomic E-state index is 0.0170. The van der Waals surface area contributed by atoms with E-state index in [1.807, 2.05) is 0 Å². The Kier molecular flexibility index (Phi) is 20.1. The van der Waals surface area contributed by atoms with E-state index in [1.165, 1.54) is 33.4 Å². The minimum absolute atomic E-state index is 0.0170. The van der Waals surface area contributed by atoms with Crippen LogP contribution >= 0.6 is 0 Å². The van der Waals surface area contributed by atoms with Crippen molar-refractivity contribution in [1.29, 1.82) is 0 Å². The second-order valence-corrected chi connectivity index (χ2v) is 43.2. The summed E-state index contributed by atoms with van der Waals surface area (Å²) in [5, 5.41) is 12.3. The third-order valence-corrected chi connectivity index (χ3v) is 27.9.